The molecule has 0 unspecified atom stereocenters. The summed E-state index contributed by atoms with van der Waals surface area (Å²) in [5, 5.41) is 3.33. The normalized spacial score (nSPS) is 12.2. The van der Waals surface area contributed by atoms with Gasteiger partial charge in [-0.15, -0.1) is 11.3 Å². The van der Waals surface area contributed by atoms with Gasteiger partial charge in [0.1, 0.15) is 4.21 Å². The van der Waals surface area contributed by atoms with Gasteiger partial charge in [0.05, 0.1) is 0 Å². The van der Waals surface area contributed by atoms with E-state index in [9.17, 15) is 8.42 Å². The molecule has 0 aromatic carbocycles. The molecule has 0 amide bonds. The first-order valence-electron chi connectivity index (χ1n) is 7.27. The summed E-state index contributed by atoms with van der Waals surface area (Å²) in [6.45, 7) is 10.8. The maximum Gasteiger partial charge on any atom is 0.252 e. The second kappa shape index (κ2) is 8.12. The third kappa shape index (κ3) is 4.28. The Hall–Kier alpha value is -0.430. The van der Waals surface area contributed by atoms with Gasteiger partial charge in [-0.05, 0) is 37.9 Å². The lowest BCUT2D eigenvalue weighted by molar-refractivity contribution is 0.428. The molecule has 0 aliphatic heterocycles. The van der Waals surface area contributed by atoms with Gasteiger partial charge in [0.15, 0.2) is 0 Å². The lowest BCUT2D eigenvalue weighted by Gasteiger charge is -2.18. The number of hydrogen-bond acceptors (Lipinski definition) is 4. The minimum atomic E-state index is -3.32. The van der Waals surface area contributed by atoms with Gasteiger partial charge in [-0.3, -0.25) is 0 Å². The number of rotatable bonds is 9. The second-order valence-electron chi connectivity index (χ2n) is 4.85. The fourth-order valence-corrected chi connectivity index (χ4v) is 5.25. The fourth-order valence-electron chi connectivity index (χ4n) is 1.99. The van der Waals surface area contributed by atoms with E-state index < -0.39 is 10.0 Å². The van der Waals surface area contributed by atoms with E-state index >= 15 is 0 Å². The van der Waals surface area contributed by atoms with Crippen LogP contribution in [0.5, 0.6) is 0 Å². The van der Waals surface area contributed by atoms with E-state index in [-0.39, 0.29) is 0 Å². The molecular formula is C14H26N2O2S2. The van der Waals surface area contributed by atoms with Gasteiger partial charge in [-0.2, -0.15) is 4.31 Å². The Bertz CT molecular complexity index is 509. The number of aryl methyl sites for hydroxylation is 1. The molecule has 0 aliphatic rings. The summed E-state index contributed by atoms with van der Waals surface area (Å²) < 4.78 is 27.2. The number of hydrogen-bond donors (Lipinski definition) is 1. The summed E-state index contributed by atoms with van der Waals surface area (Å²) in [5.74, 6) is 0. The minimum Gasteiger partial charge on any atom is -0.312 e. The molecule has 0 bridgehead atoms. The van der Waals surface area contributed by atoms with Crippen LogP contribution in [0.25, 0.3) is 0 Å². The highest BCUT2D eigenvalue weighted by molar-refractivity contribution is 7.91. The summed E-state index contributed by atoms with van der Waals surface area (Å²) in [4.78, 5) is 1.12. The minimum absolute atomic E-state index is 0.471. The molecule has 0 fully saturated rings. The van der Waals surface area contributed by atoms with Crippen molar-refractivity contribution in [1.82, 2.24) is 9.62 Å². The monoisotopic (exact) mass is 318 g/mol. The second-order valence-corrected chi connectivity index (χ2v) is 8.15. The quantitative estimate of drug-likeness (QED) is 0.712. The van der Waals surface area contributed by atoms with Crippen LogP contribution < -0.4 is 5.32 Å². The average molecular weight is 319 g/mol. The first-order valence-corrected chi connectivity index (χ1v) is 9.53. The number of sulfonamides is 1. The first kappa shape index (κ1) is 17.6. The van der Waals surface area contributed by atoms with Crippen LogP contribution in [0.1, 0.15) is 44.1 Å². The molecular weight excluding hydrogens is 292 g/mol. The van der Waals surface area contributed by atoms with Gasteiger partial charge < -0.3 is 5.32 Å². The first-order chi connectivity index (χ1) is 9.47. The molecule has 0 aliphatic carbocycles. The zero-order chi connectivity index (χ0) is 15.2. The largest absolute Gasteiger partial charge is 0.312 e. The van der Waals surface area contributed by atoms with E-state index in [0.717, 1.165) is 36.4 Å². The Labute approximate surface area is 127 Å². The molecule has 0 saturated heterocycles. The molecule has 4 nitrogen and oxygen atoms in total. The maximum absolute atomic E-state index is 12.6. The van der Waals surface area contributed by atoms with Gasteiger partial charge in [-0.1, -0.05) is 20.8 Å². The van der Waals surface area contributed by atoms with Crippen molar-refractivity contribution in [2.45, 2.75) is 51.3 Å². The highest BCUT2D eigenvalue weighted by Crippen LogP contribution is 2.28. The van der Waals surface area contributed by atoms with Crippen molar-refractivity contribution in [1.29, 1.82) is 0 Å². The third-order valence-corrected chi connectivity index (χ3v) is 6.79. The molecule has 6 heteroatoms. The molecule has 0 saturated carbocycles. The molecule has 1 N–H and O–H groups in total. The highest BCUT2D eigenvalue weighted by Gasteiger charge is 2.25. The van der Waals surface area contributed by atoms with Gasteiger partial charge >= 0.3 is 0 Å². The average Bonchev–Trinajstić information content (AvgIpc) is 2.78. The lowest BCUT2D eigenvalue weighted by atomic mass is 10.3. The zero-order valence-corrected chi connectivity index (χ0v) is 14.5. The molecule has 1 rings (SSSR count). The molecule has 0 radical (unpaired) electrons. The maximum atomic E-state index is 12.6. The van der Waals surface area contributed by atoms with Gasteiger partial charge in [0, 0.05) is 24.5 Å². The molecule has 1 aromatic heterocycles. The van der Waals surface area contributed by atoms with Crippen LogP contribution in [0, 0.1) is 6.92 Å². The highest BCUT2D eigenvalue weighted by atomic mass is 32.2. The van der Waals surface area contributed by atoms with Crippen LogP contribution >= 0.6 is 11.3 Å². The van der Waals surface area contributed by atoms with Crippen LogP contribution in [-0.2, 0) is 16.6 Å². The Morgan fingerprint density at radius 2 is 1.95 bits per heavy atom. The van der Waals surface area contributed by atoms with E-state index in [1.807, 2.05) is 20.8 Å². The number of nitrogens with one attached hydrogen (secondary N) is 1. The summed E-state index contributed by atoms with van der Waals surface area (Å²) in [7, 11) is -3.32. The zero-order valence-electron chi connectivity index (χ0n) is 12.9. The van der Waals surface area contributed by atoms with E-state index in [4.69, 9.17) is 0 Å². The van der Waals surface area contributed by atoms with Gasteiger partial charge in [0.2, 0.25) is 0 Å². The molecule has 0 spiro atoms. The van der Waals surface area contributed by atoms with Crippen LogP contribution in [0.15, 0.2) is 10.3 Å². The number of nitrogens with zero attached hydrogens (tertiary/aromatic N) is 1. The van der Waals surface area contributed by atoms with Crippen molar-refractivity contribution in [3.8, 4) is 0 Å². The van der Waals surface area contributed by atoms with Crippen molar-refractivity contribution in [2.24, 2.45) is 0 Å². The van der Waals surface area contributed by atoms with Crippen LogP contribution in [0.3, 0.4) is 0 Å². The Kier molecular flexibility index (Phi) is 7.15. The Morgan fingerprint density at radius 3 is 2.50 bits per heavy atom. The topological polar surface area (TPSA) is 49.4 Å². The third-order valence-electron chi connectivity index (χ3n) is 3.13. The molecule has 20 heavy (non-hydrogen) atoms. The van der Waals surface area contributed by atoms with Gasteiger partial charge in [-0.25, -0.2) is 8.42 Å². The van der Waals surface area contributed by atoms with Gasteiger partial charge in [0.25, 0.3) is 10.0 Å². The predicted molar refractivity (Wildman–Crippen MR) is 85.8 cm³/mol. The molecule has 1 heterocycles. The summed E-state index contributed by atoms with van der Waals surface area (Å²) >= 11 is 1.39. The molecule has 1 aromatic rings. The smallest absolute Gasteiger partial charge is 0.252 e. The van der Waals surface area contributed by atoms with Crippen molar-refractivity contribution >= 4 is 21.4 Å². The summed E-state index contributed by atoms with van der Waals surface area (Å²) in [5.41, 5.74) is 1.06. The lowest BCUT2D eigenvalue weighted by Crippen LogP contribution is -2.31. The van der Waals surface area contributed by atoms with Crippen molar-refractivity contribution < 1.29 is 8.42 Å². The van der Waals surface area contributed by atoms with Crippen LogP contribution in [0.4, 0.5) is 0 Å². The van der Waals surface area contributed by atoms with Crippen molar-refractivity contribution in [2.75, 3.05) is 19.6 Å². The SMILES string of the molecule is CCCNCc1sc(S(=O)(=O)N(CC)CCC)cc1C. The van der Waals surface area contributed by atoms with E-state index in [2.05, 4.69) is 12.2 Å². The van der Waals surface area contributed by atoms with Crippen molar-refractivity contribution in [3.05, 3.63) is 16.5 Å². The molecule has 0 atom stereocenters. The summed E-state index contributed by atoms with van der Waals surface area (Å²) in [6, 6.07) is 1.81. The summed E-state index contributed by atoms with van der Waals surface area (Å²) in [6.07, 6.45) is 1.91. The predicted octanol–water partition coefficient (Wildman–Crippen LogP) is 2.98. The van der Waals surface area contributed by atoms with E-state index in [1.54, 1.807) is 10.4 Å². The van der Waals surface area contributed by atoms with Crippen molar-refractivity contribution in [3.63, 3.8) is 0 Å². The van der Waals surface area contributed by atoms with E-state index in [0.29, 0.717) is 17.3 Å². The number of thiophene rings is 1. The van der Waals surface area contributed by atoms with Crippen LogP contribution in [-0.4, -0.2) is 32.4 Å². The van der Waals surface area contributed by atoms with E-state index in [1.165, 1.54) is 11.3 Å². The molecule has 116 valence electrons. The fraction of sp³-hybridized carbons (Fsp3) is 0.714. The Balaban J connectivity index is 2.93. The van der Waals surface area contributed by atoms with Crippen LogP contribution in [0.2, 0.25) is 0 Å². The Morgan fingerprint density at radius 1 is 1.25 bits per heavy atom. The standard InChI is InChI=1S/C14H26N2O2S2/c1-5-8-15-11-13-12(4)10-14(19-13)20(17,18)16(7-3)9-6-2/h10,15H,5-9,11H2,1-4H3.